The molecule has 1 aliphatic rings. The Morgan fingerprint density at radius 1 is 1.26 bits per heavy atom. The van der Waals surface area contributed by atoms with Crippen LogP contribution in [-0.4, -0.2) is 72.6 Å². The van der Waals surface area contributed by atoms with Crippen LogP contribution in [0, 0.1) is 5.92 Å². The third-order valence-corrected chi connectivity index (χ3v) is 6.29. The summed E-state index contributed by atoms with van der Waals surface area (Å²) in [6, 6.07) is 9.32. The molecule has 2 aromatic rings. The smallest absolute Gasteiger partial charge is 0.257 e. The number of nitrogens with zero attached hydrogens (tertiary/aromatic N) is 3. The van der Waals surface area contributed by atoms with Gasteiger partial charge in [-0.15, -0.1) is 0 Å². The van der Waals surface area contributed by atoms with Gasteiger partial charge in [-0.3, -0.25) is 19.5 Å². The van der Waals surface area contributed by atoms with Crippen molar-refractivity contribution in [1.82, 2.24) is 14.8 Å². The molecule has 2 amide bonds. The molecule has 0 aliphatic carbocycles. The Morgan fingerprint density at radius 2 is 2.06 bits per heavy atom. The predicted molar refractivity (Wildman–Crippen MR) is 132 cm³/mol. The molecule has 0 spiro atoms. The second kappa shape index (κ2) is 11.9. The van der Waals surface area contributed by atoms with E-state index in [1.165, 1.54) is 0 Å². The van der Waals surface area contributed by atoms with Gasteiger partial charge in [-0.1, -0.05) is 19.9 Å². The molecule has 2 heterocycles. The Labute approximate surface area is 202 Å². The minimum absolute atomic E-state index is 0.0831. The molecular formula is C26H36N4O4. The van der Waals surface area contributed by atoms with Gasteiger partial charge in [0.25, 0.3) is 5.91 Å². The normalized spacial score (nSPS) is 22.2. The highest BCUT2D eigenvalue weighted by Gasteiger charge is 2.28. The number of amides is 2. The molecule has 0 bridgehead atoms. The molecule has 8 heteroatoms. The summed E-state index contributed by atoms with van der Waals surface area (Å²) >= 11 is 0. The summed E-state index contributed by atoms with van der Waals surface area (Å²) in [5.41, 5.74) is 2.13. The Bertz CT molecular complexity index is 969. The number of benzene rings is 1. The van der Waals surface area contributed by atoms with Crippen molar-refractivity contribution < 1.29 is 19.1 Å². The summed E-state index contributed by atoms with van der Waals surface area (Å²) in [5.74, 6) is 0.399. The average Bonchev–Trinajstić information content (AvgIpc) is 2.85. The Balaban J connectivity index is 1.93. The van der Waals surface area contributed by atoms with Gasteiger partial charge in [-0.05, 0) is 42.7 Å². The highest BCUT2D eigenvalue weighted by molar-refractivity contribution is 5.99. The summed E-state index contributed by atoms with van der Waals surface area (Å²) in [5, 5.41) is 2.83. The molecule has 1 aromatic heterocycles. The van der Waals surface area contributed by atoms with Gasteiger partial charge in [0.05, 0.1) is 11.7 Å². The maximum atomic E-state index is 13.4. The molecule has 3 rings (SSSR count). The maximum absolute atomic E-state index is 13.4. The molecule has 0 unspecified atom stereocenters. The number of fused-ring (bicyclic) bond motifs is 1. The number of carbonyl (C=O) groups excluding carboxylic acids is 2. The van der Waals surface area contributed by atoms with Crippen LogP contribution in [0.4, 0.5) is 5.69 Å². The van der Waals surface area contributed by atoms with E-state index >= 15 is 0 Å². The molecule has 1 aromatic carbocycles. The monoisotopic (exact) mass is 468 g/mol. The third kappa shape index (κ3) is 6.55. The number of ether oxygens (including phenoxy) is 2. The van der Waals surface area contributed by atoms with Gasteiger partial charge >= 0.3 is 0 Å². The first-order chi connectivity index (χ1) is 16.3. The van der Waals surface area contributed by atoms with E-state index in [9.17, 15) is 9.59 Å². The van der Waals surface area contributed by atoms with Crippen LogP contribution < -0.4 is 10.1 Å². The summed E-state index contributed by atoms with van der Waals surface area (Å²) < 4.78 is 12.0. The van der Waals surface area contributed by atoms with Crippen LogP contribution >= 0.6 is 0 Å². The molecule has 0 radical (unpaired) electrons. The van der Waals surface area contributed by atoms with Gasteiger partial charge < -0.3 is 19.7 Å². The number of hydrogen-bond acceptors (Lipinski definition) is 6. The largest absolute Gasteiger partial charge is 0.491 e. The van der Waals surface area contributed by atoms with Gasteiger partial charge in [-0.2, -0.15) is 0 Å². The average molecular weight is 469 g/mol. The van der Waals surface area contributed by atoms with Crippen molar-refractivity contribution in [1.29, 1.82) is 0 Å². The number of hydrogen-bond donors (Lipinski definition) is 1. The fourth-order valence-electron chi connectivity index (χ4n) is 4.13. The molecule has 1 N–H and O–H groups in total. The van der Waals surface area contributed by atoms with Crippen molar-refractivity contribution in [2.75, 3.05) is 39.2 Å². The van der Waals surface area contributed by atoms with Crippen LogP contribution in [0.3, 0.4) is 0 Å². The second-order valence-corrected chi connectivity index (χ2v) is 9.00. The van der Waals surface area contributed by atoms with Crippen molar-refractivity contribution >= 4 is 17.5 Å². The quantitative estimate of drug-likeness (QED) is 0.724. The van der Waals surface area contributed by atoms with Crippen LogP contribution in [0.15, 0.2) is 42.7 Å². The topological polar surface area (TPSA) is 84.0 Å². The van der Waals surface area contributed by atoms with Crippen LogP contribution in [0.1, 0.15) is 43.1 Å². The molecule has 8 nitrogen and oxygen atoms in total. The number of anilines is 1. The molecular weight excluding hydrogens is 432 g/mol. The molecule has 1 aliphatic heterocycles. The van der Waals surface area contributed by atoms with Crippen LogP contribution in [-0.2, 0) is 16.1 Å². The zero-order valence-electron chi connectivity index (χ0n) is 20.8. The van der Waals surface area contributed by atoms with E-state index in [0.29, 0.717) is 36.6 Å². The lowest BCUT2D eigenvalue weighted by Crippen LogP contribution is -2.46. The fraction of sp³-hybridized carbons (Fsp3) is 0.500. The first kappa shape index (κ1) is 25.6. The van der Waals surface area contributed by atoms with E-state index in [1.54, 1.807) is 50.4 Å². The molecule has 0 saturated heterocycles. The molecule has 0 fully saturated rings. The van der Waals surface area contributed by atoms with Crippen molar-refractivity contribution in [3.8, 4) is 5.75 Å². The van der Waals surface area contributed by atoms with Crippen LogP contribution in [0.25, 0.3) is 0 Å². The highest BCUT2D eigenvalue weighted by Crippen LogP contribution is 2.27. The zero-order valence-corrected chi connectivity index (χ0v) is 20.8. The van der Waals surface area contributed by atoms with E-state index in [0.717, 1.165) is 18.7 Å². The number of pyridine rings is 1. The van der Waals surface area contributed by atoms with Crippen molar-refractivity contribution in [3.63, 3.8) is 0 Å². The Hall–Kier alpha value is -2.97. The summed E-state index contributed by atoms with van der Waals surface area (Å²) in [6.07, 6.45) is 3.89. The molecule has 184 valence electrons. The van der Waals surface area contributed by atoms with E-state index in [1.807, 2.05) is 12.3 Å². The zero-order chi connectivity index (χ0) is 24.7. The number of methoxy groups -OCH3 is 1. The minimum Gasteiger partial charge on any atom is -0.491 e. The van der Waals surface area contributed by atoms with E-state index < -0.39 is 0 Å². The number of aromatic nitrogens is 1. The number of nitrogens with one attached hydrogen (secondary N) is 1. The SMILES string of the molecule is CCC(=O)Nc1ccc2c(c1)C(=O)N(C)C[C@@H](OC)[C@H](C)CN(Cc1cccnc1)[C@@H](C)CO2. The fourth-order valence-corrected chi connectivity index (χ4v) is 4.13. The van der Waals surface area contributed by atoms with E-state index in [2.05, 4.69) is 35.1 Å². The predicted octanol–water partition coefficient (Wildman–Crippen LogP) is 3.44. The second-order valence-electron chi connectivity index (χ2n) is 9.00. The van der Waals surface area contributed by atoms with Gasteiger partial charge in [0, 0.05) is 64.3 Å². The third-order valence-electron chi connectivity index (χ3n) is 6.29. The van der Waals surface area contributed by atoms with Crippen LogP contribution in [0.2, 0.25) is 0 Å². The minimum atomic E-state index is -0.169. The van der Waals surface area contributed by atoms with Gasteiger partial charge in [-0.25, -0.2) is 0 Å². The van der Waals surface area contributed by atoms with Crippen molar-refractivity contribution in [2.45, 2.75) is 45.9 Å². The van der Waals surface area contributed by atoms with E-state index in [4.69, 9.17) is 9.47 Å². The van der Waals surface area contributed by atoms with Gasteiger partial charge in [0.15, 0.2) is 0 Å². The standard InChI is InChI=1S/C26H36N4O4/c1-6-25(31)28-21-9-10-23-22(12-21)26(32)29(4)16-24(33-5)18(2)14-30(19(3)17-34-23)15-20-8-7-11-27-13-20/h7-13,18-19,24H,6,14-17H2,1-5H3,(H,28,31)/t18-,19+,24-/m1/s1. The first-order valence-electron chi connectivity index (χ1n) is 11.8. The lowest BCUT2D eigenvalue weighted by atomic mass is 10.0. The van der Waals surface area contributed by atoms with Gasteiger partial charge in [0.1, 0.15) is 12.4 Å². The molecule has 0 saturated carbocycles. The van der Waals surface area contributed by atoms with Crippen molar-refractivity contribution in [3.05, 3.63) is 53.9 Å². The Morgan fingerprint density at radius 3 is 2.74 bits per heavy atom. The highest BCUT2D eigenvalue weighted by atomic mass is 16.5. The van der Waals surface area contributed by atoms with Gasteiger partial charge in [0.2, 0.25) is 5.91 Å². The summed E-state index contributed by atoms with van der Waals surface area (Å²) in [6.45, 7) is 8.44. The maximum Gasteiger partial charge on any atom is 0.257 e. The molecule has 3 atom stereocenters. The molecule has 34 heavy (non-hydrogen) atoms. The van der Waals surface area contributed by atoms with Crippen molar-refractivity contribution in [2.24, 2.45) is 5.92 Å². The Kier molecular flexibility index (Phi) is 9.01. The number of likely N-dealkylation sites (N-methyl/N-ethyl adjacent to an activating group) is 1. The number of rotatable bonds is 5. The lowest BCUT2D eigenvalue weighted by molar-refractivity contribution is -0.115. The van der Waals surface area contributed by atoms with E-state index in [-0.39, 0.29) is 29.9 Å². The summed E-state index contributed by atoms with van der Waals surface area (Å²) in [4.78, 5) is 33.5. The lowest BCUT2D eigenvalue weighted by Gasteiger charge is -2.36. The van der Waals surface area contributed by atoms with Crippen LogP contribution in [0.5, 0.6) is 5.75 Å². The number of carbonyl (C=O) groups is 2. The summed E-state index contributed by atoms with van der Waals surface area (Å²) in [7, 11) is 3.46. The first-order valence-corrected chi connectivity index (χ1v) is 11.8.